The van der Waals surface area contributed by atoms with Gasteiger partial charge in [0, 0.05) is 48.9 Å². The molecule has 0 atom stereocenters. The van der Waals surface area contributed by atoms with E-state index < -0.39 is 12.6 Å². The lowest BCUT2D eigenvalue weighted by atomic mass is 9.82. The first-order valence-corrected chi connectivity index (χ1v) is 11.8. The number of anilines is 2. The molecule has 0 saturated carbocycles. The Morgan fingerprint density at radius 1 is 0.618 bits per heavy atom. The third kappa shape index (κ3) is 5.82. The van der Waals surface area contributed by atoms with Crippen molar-refractivity contribution in [2.45, 2.75) is 40.3 Å². The summed E-state index contributed by atoms with van der Waals surface area (Å²) in [5, 5.41) is 6.49. The van der Waals surface area contributed by atoms with Gasteiger partial charge in [-0.05, 0) is 39.8 Å². The number of carbonyl (C=O) groups is 2. The maximum absolute atomic E-state index is 13.7. The molecule has 0 saturated heterocycles. The molecule has 1 aliphatic rings. The monoisotopic (exact) mass is 470 g/mol. The highest BCUT2D eigenvalue weighted by Crippen LogP contribution is 2.35. The fourth-order valence-corrected chi connectivity index (χ4v) is 4.00. The van der Waals surface area contributed by atoms with Gasteiger partial charge in [-0.25, -0.2) is 0 Å². The second-order valence-electron chi connectivity index (χ2n) is 7.56. The SMILES string of the molecule is CCOC(CNc1cccc2c1C(=O)c1c(NCC(OCC)OCC)cccc1C2=O)OCC. The Morgan fingerprint density at radius 2 is 1.00 bits per heavy atom. The molecule has 2 aromatic rings. The standard InChI is InChI=1S/C26H34N2O6/c1-5-31-21(32-6-2)15-27-19-13-9-11-17-23(19)26(30)24-18(25(17)29)12-10-14-20(24)28-16-22(33-7-3)34-8-4/h9-14,21-22,27-28H,5-8,15-16H2,1-4H3. The maximum atomic E-state index is 13.7. The number of ether oxygens (including phenoxy) is 4. The number of rotatable bonds is 14. The summed E-state index contributed by atoms with van der Waals surface area (Å²) in [6.45, 7) is 10.3. The van der Waals surface area contributed by atoms with Crippen molar-refractivity contribution in [3.05, 3.63) is 58.7 Å². The highest BCUT2D eigenvalue weighted by atomic mass is 16.7. The third-order valence-electron chi connectivity index (χ3n) is 5.40. The zero-order chi connectivity index (χ0) is 24.5. The van der Waals surface area contributed by atoms with Gasteiger partial charge in [-0.3, -0.25) is 9.59 Å². The van der Waals surface area contributed by atoms with Gasteiger partial charge in [0.25, 0.3) is 0 Å². The summed E-state index contributed by atoms with van der Waals surface area (Å²) in [6.07, 6.45) is -0.919. The van der Waals surface area contributed by atoms with Gasteiger partial charge < -0.3 is 29.6 Å². The number of ketones is 2. The lowest BCUT2D eigenvalue weighted by Gasteiger charge is -2.25. The van der Waals surface area contributed by atoms with Crippen LogP contribution in [0.4, 0.5) is 11.4 Å². The van der Waals surface area contributed by atoms with Crippen molar-refractivity contribution in [3.63, 3.8) is 0 Å². The van der Waals surface area contributed by atoms with Crippen LogP contribution < -0.4 is 10.6 Å². The van der Waals surface area contributed by atoms with E-state index in [0.717, 1.165) is 0 Å². The average molecular weight is 471 g/mol. The second kappa shape index (κ2) is 12.6. The largest absolute Gasteiger partial charge is 0.379 e. The minimum Gasteiger partial charge on any atom is -0.379 e. The van der Waals surface area contributed by atoms with Crippen LogP contribution in [0.1, 0.15) is 59.5 Å². The molecule has 184 valence electrons. The summed E-state index contributed by atoms with van der Waals surface area (Å²) in [4.78, 5) is 27.1. The van der Waals surface area contributed by atoms with Crippen molar-refractivity contribution in [1.82, 2.24) is 0 Å². The minimum absolute atomic E-state index is 0.186. The number of nitrogens with one attached hydrogen (secondary N) is 2. The molecular formula is C26H34N2O6. The van der Waals surface area contributed by atoms with Gasteiger partial charge in [-0.1, -0.05) is 24.3 Å². The molecule has 8 nitrogen and oxygen atoms in total. The van der Waals surface area contributed by atoms with Gasteiger partial charge in [0.15, 0.2) is 24.1 Å². The fraction of sp³-hybridized carbons (Fsp3) is 0.462. The Balaban J connectivity index is 1.90. The lowest BCUT2D eigenvalue weighted by molar-refractivity contribution is -0.126. The number of hydrogen-bond donors (Lipinski definition) is 2. The van der Waals surface area contributed by atoms with Crippen LogP contribution in [0, 0.1) is 0 Å². The van der Waals surface area contributed by atoms with Crippen molar-refractivity contribution < 1.29 is 28.5 Å². The van der Waals surface area contributed by atoms with Gasteiger partial charge in [-0.2, -0.15) is 0 Å². The highest BCUT2D eigenvalue weighted by Gasteiger charge is 2.33. The molecular weight excluding hydrogens is 436 g/mol. The van der Waals surface area contributed by atoms with Crippen molar-refractivity contribution in [2.24, 2.45) is 0 Å². The van der Waals surface area contributed by atoms with Crippen LogP contribution in [0.15, 0.2) is 36.4 Å². The molecule has 3 rings (SSSR count). The van der Waals surface area contributed by atoms with E-state index in [1.54, 1.807) is 36.4 Å². The third-order valence-corrected chi connectivity index (χ3v) is 5.40. The number of carbonyl (C=O) groups excluding carboxylic acids is 2. The zero-order valence-corrected chi connectivity index (χ0v) is 20.3. The first-order valence-electron chi connectivity index (χ1n) is 11.8. The molecule has 0 radical (unpaired) electrons. The molecule has 0 unspecified atom stereocenters. The van der Waals surface area contributed by atoms with Gasteiger partial charge in [0.1, 0.15) is 0 Å². The molecule has 1 aliphatic carbocycles. The topological polar surface area (TPSA) is 95.1 Å². The van der Waals surface area contributed by atoms with Crippen LogP contribution in [0.2, 0.25) is 0 Å². The Hall–Kier alpha value is -2.78. The molecule has 34 heavy (non-hydrogen) atoms. The zero-order valence-electron chi connectivity index (χ0n) is 20.3. The number of benzene rings is 2. The molecule has 0 aromatic heterocycles. The molecule has 8 heteroatoms. The van der Waals surface area contributed by atoms with Crippen LogP contribution in [0.25, 0.3) is 0 Å². The second-order valence-corrected chi connectivity index (χ2v) is 7.56. The van der Waals surface area contributed by atoms with Crippen LogP contribution in [0.3, 0.4) is 0 Å². The van der Waals surface area contributed by atoms with E-state index in [4.69, 9.17) is 18.9 Å². The summed E-state index contributed by atoms with van der Waals surface area (Å²) >= 11 is 0. The highest BCUT2D eigenvalue weighted by molar-refractivity contribution is 6.31. The molecule has 0 bridgehead atoms. The van der Waals surface area contributed by atoms with Crippen LogP contribution >= 0.6 is 0 Å². The van der Waals surface area contributed by atoms with E-state index in [-0.39, 0.29) is 11.6 Å². The van der Waals surface area contributed by atoms with Crippen molar-refractivity contribution in [2.75, 3.05) is 50.2 Å². The van der Waals surface area contributed by atoms with Gasteiger partial charge in [0.05, 0.1) is 24.2 Å². The molecule has 0 amide bonds. The summed E-state index contributed by atoms with van der Waals surface area (Å²) in [6, 6.07) is 10.5. The van der Waals surface area contributed by atoms with Crippen LogP contribution in [-0.4, -0.2) is 63.7 Å². The average Bonchev–Trinajstić information content (AvgIpc) is 2.84. The lowest BCUT2D eigenvalue weighted by Crippen LogP contribution is -2.30. The Bertz CT molecular complexity index is 906. The summed E-state index contributed by atoms with van der Waals surface area (Å²) in [5.41, 5.74) is 2.61. The molecule has 2 aromatic carbocycles. The predicted octanol–water partition coefficient (Wildman–Crippen LogP) is 4.08. The Labute approximate surface area is 200 Å². The molecule has 0 heterocycles. The van der Waals surface area contributed by atoms with Crippen molar-refractivity contribution in [1.29, 1.82) is 0 Å². The first-order chi connectivity index (χ1) is 16.5. The van der Waals surface area contributed by atoms with E-state index in [1.807, 2.05) is 27.7 Å². The van der Waals surface area contributed by atoms with Crippen LogP contribution in [-0.2, 0) is 18.9 Å². The molecule has 0 spiro atoms. The summed E-state index contributed by atoms with van der Waals surface area (Å²) in [5.74, 6) is -0.404. The summed E-state index contributed by atoms with van der Waals surface area (Å²) in [7, 11) is 0. The van der Waals surface area contributed by atoms with E-state index >= 15 is 0 Å². The van der Waals surface area contributed by atoms with E-state index in [0.29, 0.717) is 73.1 Å². The minimum atomic E-state index is -0.459. The summed E-state index contributed by atoms with van der Waals surface area (Å²) < 4.78 is 22.4. The molecule has 0 fully saturated rings. The normalized spacial score (nSPS) is 12.8. The van der Waals surface area contributed by atoms with Gasteiger partial charge >= 0.3 is 0 Å². The Kier molecular flexibility index (Phi) is 9.59. The van der Waals surface area contributed by atoms with Gasteiger partial charge in [-0.15, -0.1) is 0 Å². The van der Waals surface area contributed by atoms with Gasteiger partial charge in [0.2, 0.25) is 0 Å². The molecule has 2 N–H and O–H groups in total. The predicted molar refractivity (Wildman–Crippen MR) is 131 cm³/mol. The Morgan fingerprint density at radius 3 is 1.35 bits per heavy atom. The fourth-order valence-electron chi connectivity index (χ4n) is 4.00. The maximum Gasteiger partial charge on any atom is 0.198 e. The quantitative estimate of drug-likeness (QED) is 0.340. The van der Waals surface area contributed by atoms with E-state index in [9.17, 15) is 9.59 Å². The van der Waals surface area contributed by atoms with Crippen molar-refractivity contribution >= 4 is 22.9 Å². The van der Waals surface area contributed by atoms with E-state index in [1.165, 1.54) is 0 Å². The first kappa shape index (κ1) is 25.8. The molecule has 0 aliphatic heterocycles. The van der Waals surface area contributed by atoms with Crippen molar-refractivity contribution in [3.8, 4) is 0 Å². The van der Waals surface area contributed by atoms with Crippen LogP contribution in [0.5, 0.6) is 0 Å². The number of fused-ring (bicyclic) bond motifs is 2. The number of hydrogen-bond acceptors (Lipinski definition) is 8. The smallest absolute Gasteiger partial charge is 0.198 e. The van der Waals surface area contributed by atoms with E-state index in [2.05, 4.69) is 10.6 Å².